The minimum atomic E-state index is -0.234. The van der Waals surface area contributed by atoms with Crippen molar-refractivity contribution in [3.63, 3.8) is 0 Å². The smallest absolute Gasteiger partial charge is 0.152 e. The molecular weight excluding hydrogens is 245 g/mol. The monoisotopic (exact) mass is 261 g/mol. The molecule has 5 nitrogen and oxygen atoms in total. The van der Waals surface area contributed by atoms with E-state index in [0.29, 0.717) is 12.2 Å². The normalized spacial score (nSPS) is 16.3. The average molecular weight is 261 g/mol. The van der Waals surface area contributed by atoms with Gasteiger partial charge in [0.2, 0.25) is 0 Å². The van der Waals surface area contributed by atoms with Gasteiger partial charge in [-0.25, -0.2) is 4.39 Å². The maximum absolute atomic E-state index is 14.2. The summed E-state index contributed by atoms with van der Waals surface area (Å²) >= 11 is 0. The molecule has 0 amide bonds. The summed E-state index contributed by atoms with van der Waals surface area (Å²) in [7, 11) is 0. The highest BCUT2D eigenvalue weighted by Crippen LogP contribution is 2.30. The number of para-hydroxylation sites is 1. The van der Waals surface area contributed by atoms with E-state index >= 15 is 0 Å². The van der Waals surface area contributed by atoms with E-state index < -0.39 is 0 Å². The van der Waals surface area contributed by atoms with E-state index in [1.54, 1.807) is 12.4 Å². The van der Waals surface area contributed by atoms with Crippen molar-refractivity contribution in [1.82, 2.24) is 14.8 Å². The van der Waals surface area contributed by atoms with Crippen LogP contribution in [0.15, 0.2) is 24.5 Å². The minimum Gasteiger partial charge on any atom is -0.360 e. The molecule has 0 aliphatic carbocycles. The van der Waals surface area contributed by atoms with Crippen LogP contribution in [0.4, 0.5) is 10.1 Å². The maximum Gasteiger partial charge on any atom is 0.152 e. The number of hydrogen-bond donors (Lipinski definition) is 1. The Labute approximate surface area is 110 Å². The van der Waals surface area contributed by atoms with Crippen molar-refractivity contribution >= 4 is 5.69 Å². The minimum absolute atomic E-state index is 0.203. The van der Waals surface area contributed by atoms with Crippen molar-refractivity contribution in [1.29, 1.82) is 0 Å². The average Bonchev–Trinajstić information content (AvgIpc) is 2.85. The zero-order chi connectivity index (χ0) is 13.4. The molecule has 0 spiro atoms. The summed E-state index contributed by atoms with van der Waals surface area (Å²) in [5.41, 5.74) is 7.35. The van der Waals surface area contributed by atoms with Crippen LogP contribution in [0.2, 0.25) is 0 Å². The van der Waals surface area contributed by atoms with Crippen molar-refractivity contribution < 1.29 is 4.39 Å². The molecule has 0 saturated heterocycles. The van der Waals surface area contributed by atoms with E-state index in [9.17, 15) is 4.39 Å². The molecule has 2 N–H and O–H groups in total. The molecule has 3 rings (SSSR count). The highest BCUT2D eigenvalue weighted by atomic mass is 19.1. The fraction of sp³-hybridized carbons (Fsp3) is 0.385. The van der Waals surface area contributed by atoms with Gasteiger partial charge in [-0.1, -0.05) is 12.1 Å². The van der Waals surface area contributed by atoms with E-state index in [-0.39, 0.29) is 11.9 Å². The summed E-state index contributed by atoms with van der Waals surface area (Å²) in [4.78, 5) is 1.98. The quantitative estimate of drug-likeness (QED) is 0.889. The molecule has 1 aromatic heterocycles. The Morgan fingerprint density at radius 1 is 1.37 bits per heavy atom. The molecule has 1 aromatic carbocycles. The Kier molecular flexibility index (Phi) is 2.94. The number of fused-ring (bicyclic) bond motifs is 1. The Balaban J connectivity index is 2.00. The lowest BCUT2D eigenvalue weighted by atomic mass is 10.0. The molecule has 0 unspecified atom stereocenters. The van der Waals surface area contributed by atoms with Crippen molar-refractivity contribution in [2.45, 2.75) is 26.1 Å². The number of benzene rings is 1. The van der Waals surface area contributed by atoms with Crippen molar-refractivity contribution in [3.8, 4) is 0 Å². The maximum atomic E-state index is 14.2. The molecule has 19 heavy (non-hydrogen) atoms. The lowest BCUT2D eigenvalue weighted by Crippen LogP contribution is -2.35. The first kappa shape index (κ1) is 12.1. The van der Waals surface area contributed by atoms with Gasteiger partial charge in [0, 0.05) is 19.1 Å². The van der Waals surface area contributed by atoms with Crippen LogP contribution in [0.25, 0.3) is 0 Å². The van der Waals surface area contributed by atoms with Crippen LogP contribution in [0.1, 0.15) is 24.4 Å². The Bertz CT molecular complexity index is 592. The third-order valence-electron chi connectivity index (χ3n) is 3.46. The zero-order valence-electron chi connectivity index (χ0n) is 10.8. The van der Waals surface area contributed by atoms with E-state index in [2.05, 4.69) is 10.2 Å². The lowest BCUT2D eigenvalue weighted by molar-refractivity contribution is 0.540. The Morgan fingerprint density at radius 2 is 2.21 bits per heavy atom. The summed E-state index contributed by atoms with van der Waals surface area (Å²) in [5.74, 6) is 0.618. The first-order valence-corrected chi connectivity index (χ1v) is 6.32. The Morgan fingerprint density at radius 3 is 3.00 bits per heavy atom. The third kappa shape index (κ3) is 2.08. The number of hydrogen-bond acceptors (Lipinski definition) is 4. The van der Waals surface area contributed by atoms with Gasteiger partial charge >= 0.3 is 0 Å². The number of halogens is 1. The predicted octanol–water partition coefficient (Wildman–Crippen LogP) is 1.46. The highest BCUT2D eigenvalue weighted by Gasteiger charge is 2.23. The number of rotatable bonds is 2. The van der Waals surface area contributed by atoms with Gasteiger partial charge in [0.25, 0.3) is 0 Å². The van der Waals surface area contributed by atoms with Crippen LogP contribution < -0.4 is 10.6 Å². The zero-order valence-corrected chi connectivity index (χ0v) is 10.8. The fourth-order valence-corrected chi connectivity index (χ4v) is 2.49. The summed E-state index contributed by atoms with van der Waals surface area (Å²) in [6.07, 6.45) is 1.71. The molecular formula is C13H16FN5. The standard InChI is InChI=1S/C13H16FN5/c1-9(15)10-3-2-4-11(14)13(10)18-5-6-19-8-16-17-12(19)7-18/h2-4,8-9H,5-7,15H2,1H3/t9-/m0/s1. The molecule has 1 aliphatic rings. The SMILES string of the molecule is C[C@H](N)c1cccc(F)c1N1CCn2cnnc2C1. The van der Waals surface area contributed by atoms with Crippen LogP contribution in [-0.2, 0) is 13.1 Å². The fourth-order valence-electron chi connectivity index (χ4n) is 2.49. The molecule has 0 fully saturated rings. The lowest BCUT2D eigenvalue weighted by Gasteiger charge is -2.31. The number of aromatic nitrogens is 3. The first-order valence-electron chi connectivity index (χ1n) is 6.32. The Hall–Kier alpha value is -1.95. The third-order valence-corrected chi connectivity index (χ3v) is 3.46. The molecule has 6 heteroatoms. The van der Waals surface area contributed by atoms with Gasteiger partial charge in [-0.05, 0) is 18.6 Å². The molecule has 2 heterocycles. The molecule has 0 radical (unpaired) electrons. The number of anilines is 1. The highest BCUT2D eigenvalue weighted by molar-refractivity contribution is 5.56. The second kappa shape index (κ2) is 4.62. The van der Waals surface area contributed by atoms with E-state index in [1.807, 2.05) is 22.5 Å². The van der Waals surface area contributed by atoms with E-state index in [0.717, 1.165) is 24.5 Å². The summed E-state index contributed by atoms with van der Waals surface area (Å²) in [6, 6.07) is 4.85. The molecule has 1 atom stereocenters. The second-order valence-corrected chi connectivity index (χ2v) is 4.83. The van der Waals surface area contributed by atoms with Gasteiger partial charge in [0.1, 0.15) is 12.1 Å². The second-order valence-electron chi connectivity index (χ2n) is 4.83. The summed E-state index contributed by atoms with van der Waals surface area (Å²) < 4.78 is 16.1. The van der Waals surface area contributed by atoms with E-state index in [4.69, 9.17) is 5.73 Å². The van der Waals surface area contributed by atoms with Crippen LogP contribution in [0.3, 0.4) is 0 Å². The van der Waals surface area contributed by atoms with Crippen LogP contribution in [0.5, 0.6) is 0 Å². The predicted molar refractivity (Wildman–Crippen MR) is 70.1 cm³/mol. The van der Waals surface area contributed by atoms with Gasteiger partial charge in [0.05, 0.1) is 12.2 Å². The number of nitrogens with zero attached hydrogens (tertiary/aromatic N) is 4. The van der Waals surface area contributed by atoms with Gasteiger partial charge in [-0.15, -0.1) is 10.2 Å². The molecule has 0 saturated carbocycles. The molecule has 0 bridgehead atoms. The summed E-state index contributed by atoms with van der Waals surface area (Å²) in [5, 5.41) is 7.93. The molecule has 2 aromatic rings. The molecule has 100 valence electrons. The largest absolute Gasteiger partial charge is 0.360 e. The number of nitrogens with two attached hydrogens (primary N) is 1. The van der Waals surface area contributed by atoms with Gasteiger partial charge in [-0.3, -0.25) is 0 Å². The van der Waals surface area contributed by atoms with Crippen LogP contribution in [-0.4, -0.2) is 21.3 Å². The van der Waals surface area contributed by atoms with Gasteiger partial charge < -0.3 is 15.2 Å². The van der Waals surface area contributed by atoms with E-state index in [1.165, 1.54) is 6.07 Å². The van der Waals surface area contributed by atoms with Gasteiger partial charge in [-0.2, -0.15) is 0 Å². The van der Waals surface area contributed by atoms with Crippen molar-refractivity contribution in [2.75, 3.05) is 11.4 Å². The molecule has 1 aliphatic heterocycles. The van der Waals surface area contributed by atoms with Crippen LogP contribution in [0, 0.1) is 5.82 Å². The van der Waals surface area contributed by atoms with Crippen molar-refractivity contribution in [2.24, 2.45) is 5.73 Å². The van der Waals surface area contributed by atoms with Crippen LogP contribution >= 0.6 is 0 Å². The van der Waals surface area contributed by atoms with Crippen molar-refractivity contribution in [3.05, 3.63) is 41.7 Å². The first-order chi connectivity index (χ1) is 9.16. The topological polar surface area (TPSA) is 60.0 Å². The van der Waals surface area contributed by atoms with Gasteiger partial charge in [0.15, 0.2) is 5.82 Å². The summed E-state index contributed by atoms with van der Waals surface area (Å²) in [6.45, 7) is 3.91.